The first kappa shape index (κ1) is 55.9. The average molecular weight is 911 g/mol. The normalized spacial score (nSPS) is 16.2. The van der Waals surface area contributed by atoms with E-state index in [2.05, 4.69) is 36.9 Å². The Labute approximate surface area is 372 Å². The number of primary amides is 2. The summed E-state index contributed by atoms with van der Waals surface area (Å²) in [7, 11) is 0. The van der Waals surface area contributed by atoms with Crippen LogP contribution in [0.15, 0.2) is 4.99 Å². The molecule has 0 aromatic carbocycles. The number of nitrogens with zero attached hydrogens (tertiary/aromatic N) is 2. The van der Waals surface area contributed by atoms with Crippen LogP contribution in [0.3, 0.4) is 0 Å². The Hall–Kier alpha value is -6.11. The molecule has 0 aliphatic carbocycles. The first-order chi connectivity index (χ1) is 30.0. The number of carbonyl (C=O) groups is 10. The molecule has 0 spiro atoms. The van der Waals surface area contributed by atoms with Gasteiger partial charge >= 0.3 is 5.97 Å². The maximum Gasteiger partial charge on any atom is 0.326 e. The minimum absolute atomic E-state index is 0.0122. The van der Waals surface area contributed by atoms with Crippen molar-refractivity contribution in [3.8, 4) is 0 Å². The van der Waals surface area contributed by atoms with Gasteiger partial charge in [-0.25, -0.2) is 4.79 Å². The number of carbonyl (C=O) groups excluding carboxylic acids is 9. The number of hydrogen-bond acceptors (Lipinski definition) is 13. The zero-order chi connectivity index (χ0) is 48.7. The second kappa shape index (κ2) is 28.6. The Balaban J connectivity index is 3.15. The lowest BCUT2D eigenvalue weighted by Crippen LogP contribution is -2.60. The Morgan fingerprint density at radius 2 is 1.17 bits per heavy atom. The minimum atomic E-state index is -1.75. The van der Waals surface area contributed by atoms with Gasteiger partial charge in [-0.2, -0.15) is 0 Å². The predicted molar refractivity (Wildman–Crippen MR) is 232 cm³/mol. The molecule has 25 heteroatoms. The van der Waals surface area contributed by atoms with Crippen molar-refractivity contribution in [2.24, 2.45) is 51.2 Å². The lowest BCUT2D eigenvalue weighted by atomic mass is 10.0. The predicted octanol–water partition coefficient (Wildman–Crippen LogP) is -5.04. The molecule has 25 nitrogen and oxygen atoms in total. The number of carboxylic acid groups (broad SMARTS) is 1. The first-order valence-corrected chi connectivity index (χ1v) is 21.4. The summed E-state index contributed by atoms with van der Waals surface area (Å²) in [6.45, 7) is 7.23. The molecule has 1 fully saturated rings. The second-order valence-corrected chi connectivity index (χ2v) is 16.6. The van der Waals surface area contributed by atoms with Gasteiger partial charge in [0.05, 0.1) is 25.4 Å². The fourth-order valence-electron chi connectivity index (χ4n) is 6.76. The molecule has 1 saturated heterocycles. The highest BCUT2D eigenvalue weighted by Crippen LogP contribution is 2.19. The van der Waals surface area contributed by atoms with Gasteiger partial charge in [0, 0.05) is 13.1 Å². The number of hydrogen-bond donors (Lipinski definition) is 13. The van der Waals surface area contributed by atoms with Crippen LogP contribution in [-0.4, -0.2) is 144 Å². The van der Waals surface area contributed by atoms with Crippen LogP contribution in [0.25, 0.3) is 0 Å². The summed E-state index contributed by atoms with van der Waals surface area (Å²) >= 11 is 0. The standard InChI is InChI=1S/C39H70N14O11/c1-20(2)15-24(48-31(56)19-47-36(61)28-11-8-14-53(28)37(62)22(41)9-7-13-46-39(44)45)33(58)49-23(10-5-6-12-40)32(57)50-25(17-29(42)54)34(59)51-26(18-30(43)55)35(60)52-27(38(63)64)16-21(3)4/h20-28H,5-19,40-41H2,1-4H3,(H2,42,54)(H2,43,55)(H,47,61)(H,48,56)(H,49,58)(H,50,57)(H,51,59)(H,52,60)(H,63,64)(H4,44,45,46)/t22-,23-,24-,25-,26-,27-,28-/m0/s1. The third-order valence-corrected chi connectivity index (χ3v) is 9.88. The Bertz CT molecular complexity index is 1670. The molecule has 19 N–H and O–H groups in total. The van der Waals surface area contributed by atoms with Crippen LogP contribution >= 0.6 is 0 Å². The summed E-state index contributed by atoms with van der Waals surface area (Å²) in [6, 6.07) is -9.21. The number of rotatable bonds is 30. The van der Waals surface area contributed by atoms with E-state index in [0.717, 1.165) is 0 Å². The van der Waals surface area contributed by atoms with Crippen LogP contribution < -0.4 is 66.3 Å². The Morgan fingerprint density at radius 3 is 1.67 bits per heavy atom. The maximum absolute atomic E-state index is 13.8. The third kappa shape index (κ3) is 21.3. The van der Waals surface area contributed by atoms with Gasteiger partial charge in [-0.3, -0.25) is 48.1 Å². The van der Waals surface area contributed by atoms with Gasteiger partial charge in [-0.15, -0.1) is 0 Å². The van der Waals surface area contributed by atoms with E-state index in [9.17, 15) is 53.1 Å². The van der Waals surface area contributed by atoms with Crippen molar-refractivity contribution in [1.82, 2.24) is 36.8 Å². The van der Waals surface area contributed by atoms with E-state index in [0.29, 0.717) is 32.1 Å². The SMILES string of the molecule is CC(C)C[C@H](NC(=O)[C@H](CC(N)=O)NC(=O)[C@H](CC(N)=O)NC(=O)[C@H](CCCCN)NC(=O)[C@H](CC(C)C)NC(=O)CNC(=O)[C@@H]1CCCN1C(=O)[C@@H](N)CCCN=C(N)N)C(=O)O. The summed E-state index contributed by atoms with van der Waals surface area (Å²) in [5.74, 6) is -9.65. The maximum atomic E-state index is 13.8. The summed E-state index contributed by atoms with van der Waals surface area (Å²) in [6.07, 6.45) is 0.813. The molecule has 7 atom stereocenters. The molecule has 1 aliphatic heterocycles. The number of carboxylic acids is 1. The molecule has 0 bridgehead atoms. The van der Waals surface area contributed by atoms with E-state index in [-0.39, 0.29) is 63.1 Å². The molecule has 9 amide bonds. The molecule has 1 rings (SSSR count). The highest BCUT2D eigenvalue weighted by Gasteiger charge is 2.37. The quantitative estimate of drug-likeness (QED) is 0.0182. The average Bonchev–Trinajstić information content (AvgIpc) is 3.69. The Morgan fingerprint density at radius 1 is 0.672 bits per heavy atom. The molecular formula is C39H70N14O11. The van der Waals surface area contributed by atoms with E-state index in [1.54, 1.807) is 27.7 Å². The van der Waals surface area contributed by atoms with E-state index >= 15 is 0 Å². The topological polar surface area (TPSA) is 435 Å². The minimum Gasteiger partial charge on any atom is -0.480 e. The Kier molecular flexibility index (Phi) is 24.9. The monoisotopic (exact) mass is 911 g/mol. The number of aliphatic imine (C=N–C) groups is 1. The summed E-state index contributed by atoms with van der Waals surface area (Å²) in [4.78, 5) is 135. The van der Waals surface area contributed by atoms with Crippen LogP contribution in [-0.2, 0) is 47.9 Å². The van der Waals surface area contributed by atoms with Crippen LogP contribution in [0.2, 0.25) is 0 Å². The van der Waals surface area contributed by atoms with Crippen LogP contribution in [0.4, 0.5) is 0 Å². The highest BCUT2D eigenvalue weighted by atomic mass is 16.4. The van der Waals surface area contributed by atoms with Crippen molar-refractivity contribution >= 4 is 65.1 Å². The summed E-state index contributed by atoms with van der Waals surface area (Å²) in [5.41, 5.74) is 33.1. The van der Waals surface area contributed by atoms with Crippen molar-refractivity contribution < 1.29 is 53.1 Å². The van der Waals surface area contributed by atoms with Gasteiger partial charge in [0.1, 0.15) is 36.3 Å². The number of aliphatic carboxylic acids is 1. The summed E-state index contributed by atoms with van der Waals surface area (Å²) < 4.78 is 0. The fourth-order valence-corrected chi connectivity index (χ4v) is 6.76. The van der Waals surface area contributed by atoms with Crippen LogP contribution in [0, 0.1) is 11.8 Å². The molecule has 1 heterocycles. The van der Waals surface area contributed by atoms with E-state index in [4.69, 9.17) is 34.4 Å². The zero-order valence-electron chi connectivity index (χ0n) is 37.2. The van der Waals surface area contributed by atoms with Crippen molar-refractivity contribution in [1.29, 1.82) is 0 Å². The third-order valence-electron chi connectivity index (χ3n) is 9.88. The number of unbranched alkanes of at least 4 members (excludes halogenated alkanes) is 1. The smallest absolute Gasteiger partial charge is 0.326 e. The van der Waals surface area contributed by atoms with Crippen molar-refractivity contribution in [2.75, 3.05) is 26.2 Å². The molecule has 0 saturated carbocycles. The summed E-state index contributed by atoms with van der Waals surface area (Å²) in [5, 5.41) is 24.1. The molecule has 0 radical (unpaired) electrons. The van der Waals surface area contributed by atoms with Crippen molar-refractivity contribution in [2.45, 2.75) is 141 Å². The number of nitrogens with one attached hydrogen (secondary N) is 6. The van der Waals surface area contributed by atoms with Gasteiger partial charge in [-0.1, -0.05) is 27.7 Å². The van der Waals surface area contributed by atoms with Gasteiger partial charge in [0.2, 0.25) is 53.2 Å². The largest absolute Gasteiger partial charge is 0.480 e. The van der Waals surface area contributed by atoms with E-state index in [1.165, 1.54) is 4.90 Å². The molecule has 64 heavy (non-hydrogen) atoms. The van der Waals surface area contributed by atoms with Gasteiger partial charge < -0.3 is 76.3 Å². The number of nitrogens with two attached hydrogens (primary N) is 6. The van der Waals surface area contributed by atoms with Gasteiger partial charge in [0.25, 0.3) is 0 Å². The fraction of sp³-hybridized carbons (Fsp3) is 0.718. The van der Waals surface area contributed by atoms with Crippen LogP contribution in [0.5, 0.6) is 0 Å². The zero-order valence-corrected chi connectivity index (χ0v) is 37.2. The van der Waals surface area contributed by atoms with Gasteiger partial charge in [0.15, 0.2) is 5.96 Å². The molecule has 362 valence electrons. The second-order valence-electron chi connectivity index (χ2n) is 16.6. The number of amides is 9. The highest BCUT2D eigenvalue weighted by molar-refractivity contribution is 5.99. The number of likely N-dealkylation sites (tertiary alicyclic amines) is 1. The molecule has 0 aromatic heterocycles. The number of guanidine groups is 1. The van der Waals surface area contributed by atoms with E-state index < -0.39 is 121 Å². The molecule has 0 unspecified atom stereocenters. The van der Waals surface area contributed by atoms with Gasteiger partial charge in [-0.05, 0) is 76.2 Å². The lowest BCUT2D eigenvalue weighted by molar-refractivity contribution is -0.143. The molecular weight excluding hydrogens is 841 g/mol. The first-order valence-electron chi connectivity index (χ1n) is 21.4. The molecule has 1 aliphatic rings. The van der Waals surface area contributed by atoms with Crippen LogP contribution in [0.1, 0.15) is 98.3 Å². The van der Waals surface area contributed by atoms with Crippen molar-refractivity contribution in [3.05, 3.63) is 0 Å². The lowest BCUT2D eigenvalue weighted by Gasteiger charge is -2.27. The van der Waals surface area contributed by atoms with E-state index in [1.807, 2.05) is 0 Å². The molecule has 0 aromatic rings. The van der Waals surface area contributed by atoms with Crippen molar-refractivity contribution in [3.63, 3.8) is 0 Å².